The van der Waals surface area contributed by atoms with E-state index >= 15 is 0 Å². The van der Waals surface area contributed by atoms with Gasteiger partial charge in [-0.3, -0.25) is 4.79 Å². The molecule has 0 bridgehead atoms. The number of alkyl carbamates (subject to hydrolysis) is 1. The van der Waals surface area contributed by atoms with Crippen LogP contribution < -0.4 is 10.2 Å². The topological polar surface area (TPSA) is 114 Å². The van der Waals surface area contributed by atoms with Crippen molar-refractivity contribution in [3.05, 3.63) is 53.5 Å². The Hall–Kier alpha value is -3.69. The van der Waals surface area contributed by atoms with Gasteiger partial charge in [-0.15, -0.1) is 0 Å². The first-order valence-electron chi connectivity index (χ1n) is 11.8. The summed E-state index contributed by atoms with van der Waals surface area (Å²) >= 11 is 0. The van der Waals surface area contributed by atoms with Crippen LogP contribution in [0.25, 0.3) is 0 Å². The zero-order valence-corrected chi connectivity index (χ0v) is 20.3. The number of imide groups is 1. The van der Waals surface area contributed by atoms with Crippen LogP contribution in [-0.2, 0) is 22.5 Å². The number of anilines is 1. The van der Waals surface area contributed by atoms with E-state index in [4.69, 9.17) is 9.47 Å². The highest BCUT2D eigenvalue weighted by molar-refractivity contribution is 6.04. The summed E-state index contributed by atoms with van der Waals surface area (Å²) < 4.78 is 10.7. The molecule has 10 heteroatoms. The van der Waals surface area contributed by atoms with E-state index in [1.807, 2.05) is 30.3 Å². The normalized spacial score (nSPS) is 18.0. The molecule has 2 aromatic rings. The molecule has 1 fully saturated rings. The number of aromatic nitrogens is 2. The molecule has 0 radical (unpaired) electrons. The van der Waals surface area contributed by atoms with Gasteiger partial charge in [0.2, 0.25) is 0 Å². The average Bonchev–Trinajstić information content (AvgIpc) is 2.82. The van der Waals surface area contributed by atoms with Gasteiger partial charge in [-0.05, 0) is 45.6 Å². The van der Waals surface area contributed by atoms with Gasteiger partial charge in [-0.1, -0.05) is 30.3 Å². The van der Waals surface area contributed by atoms with Crippen molar-refractivity contribution in [2.75, 3.05) is 24.5 Å². The highest BCUT2D eigenvalue weighted by atomic mass is 16.6. The number of benzene rings is 1. The summed E-state index contributed by atoms with van der Waals surface area (Å²) in [7, 11) is 0. The van der Waals surface area contributed by atoms with Crippen molar-refractivity contribution in [3.8, 4) is 0 Å². The van der Waals surface area contributed by atoms with Crippen LogP contribution in [-0.4, -0.2) is 64.2 Å². The molecule has 1 saturated heterocycles. The molecule has 3 heterocycles. The Morgan fingerprint density at radius 1 is 1.14 bits per heavy atom. The van der Waals surface area contributed by atoms with E-state index in [9.17, 15) is 14.4 Å². The van der Waals surface area contributed by atoms with Crippen LogP contribution in [0.2, 0.25) is 0 Å². The summed E-state index contributed by atoms with van der Waals surface area (Å²) in [5, 5.41) is 2.94. The van der Waals surface area contributed by atoms with Gasteiger partial charge in [0.1, 0.15) is 30.0 Å². The largest absolute Gasteiger partial charge is 0.445 e. The smallest absolute Gasteiger partial charge is 0.417 e. The number of nitrogens with one attached hydrogen (secondary N) is 1. The number of hydrogen-bond donors (Lipinski definition) is 1. The first kappa shape index (κ1) is 24.4. The lowest BCUT2D eigenvalue weighted by molar-refractivity contribution is 0.0231. The second-order valence-electron chi connectivity index (χ2n) is 9.70. The van der Waals surface area contributed by atoms with E-state index in [1.54, 1.807) is 20.8 Å². The highest BCUT2D eigenvalue weighted by Gasteiger charge is 2.36. The number of carbonyl (C=O) groups excluding carboxylic acids is 3. The van der Waals surface area contributed by atoms with Gasteiger partial charge in [0.15, 0.2) is 0 Å². The SMILES string of the molecule is CC(C)(C)OC(=O)N1CCc2c(ncnc2N2CCC[C@@H](NC(=O)OCc3ccccc3)C2)C1=O. The van der Waals surface area contributed by atoms with Gasteiger partial charge >= 0.3 is 12.2 Å². The molecule has 0 saturated carbocycles. The van der Waals surface area contributed by atoms with Gasteiger partial charge < -0.3 is 19.7 Å². The standard InChI is InChI=1S/C25H31N5O5/c1-25(2,3)35-24(33)30-13-11-19-20(22(30)31)26-16-27-21(19)29-12-7-10-18(14-29)28-23(32)34-15-17-8-5-4-6-9-17/h4-6,8-9,16,18H,7,10-15H2,1-3H3,(H,28,32)/t18-/m1/s1. The third kappa shape index (κ3) is 6.06. The Morgan fingerprint density at radius 2 is 1.91 bits per heavy atom. The van der Waals surface area contributed by atoms with E-state index < -0.39 is 23.7 Å². The lowest BCUT2D eigenvalue weighted by Gasteiger charge is -2.36. The van der Waals surface area contributed by atoms with E-state index in [-0.39, 0.29) is 24.9 Å². The van der Waals surface area contributed by atoms with Gasteiger partial charge in [-0.2, -0.15) is 0 Å². The molecule has 186 valence electrons. The maximum Gasteiger partial charge on any atom is 0.417 e. The molecule has 1 N–H and O–H groups in total. The fraction of sp³-hybridized carbons (Fsp3) is 0.480. The number of carbonyl (C=O) groups is 3. The third-order valence-corrected chi connectivity index (χ3v) is 5.83. The molecule has 10 nitrogen and oxygen atoms in total. The van der Waals surface area contributed by atoms with Crippen molar-refractivity contribution in [3.63, 3.8) is 0 Å². The van der Waals surface area contributed by atoms with E-state index in [2.05, 4.69) is 20.2 Å². The van der Waals surface area contributed by atoms with Gasteiger partial charge in [0.05, 0.1) is 0 Å². The molecule has 2 aliphatic heterocycles. The monoisotopic (exact) mass is 481 g/mol. The van der Waals surface area contributed by atoms with Crippen LogP contribution in [0, 0.1) is 0 Å². The fourth-order valence-corrected chi connectivity index (χ4v) is 4.25. The van der Waals surface area contributed by atoms with Crippen LogP contribution in [0.5, 0.6) is 0 Å². The van der Waals surface area contributed by atoms with Crippen LogP contribution >= 0.6 is 0 Å². The fourth-order valence-electron chi connectivity index (χ4n) is 4.25. The van der Waals surface area contributed by atoms with Gasteiger partial charge in [0.25, 0.3) is 5.91 Å². The van der Waals surface area contributed by atoms with E-state index in [0.29, 0.717) is 24.3 Å². The van der Waals surface area contributed by atoms with Crippen molar-refractivity contribution < 1.29 is 23.9 Å². The number of amides is 3. The third-order valence-electron chi connectivity index (χ3n) is 5.83. The van der Waals surface area contributed by atoms with Crippen LogP contribution in [0.3, 0.4) is 0 Å². The Balaban J connectivity index is 1.40. The number of ether oxygens (including phenoxy) is 2. The molecule has 1 atom stereocenters. The maximum atomic E-state index is 13.0. The minimum absolute atomic E-state index is 0.116. The van der Waals surface area contributed by atoms with Crippen molar-refractivity contribution in [1.82, 2.24) is 20.2 Å². The molecule has 1 aromatic heterocycles. The van der Waals surface area contributed by atoms with Gasteiger partial charge in [0, 0.05) is 31.2 Å². The molecule has 1 aromatic carbocycles. The van der Waals surface area contributed by atoms with Crippen LogP contribution in [0.1, 0.15) is 55.2 Å². The predicted octanol–water partition coefficient (Wildman–Crippen LogP) is 3.31. The van der Waals surface area contributed by atoms with E-state index in [0.717, 1.165) is 29.8 Å². The summed E-state index contributed by atoms with van der Waals surface area (Å²) in [5.74, 6) is 0.177. The zero-order valence-electron chi connectivity index (χ0n) is 20.3. The molecule has 2 aliphatic rings. The van der Waals surface area contributed by atoms with Crippen molar-refractivity contribution in [2.24, 2.45) is 0 Å². The Morgan fingerprint density at radius 3 is 2.66 bits per heavy atom. The molecular weight excluding hydrogens is 450 g/mol. The average molecular weight is 482 g/mol. The molecular formula is C25H31N5O5. The second-order valence-corrected chi connectivity index (χ2v) is 9.70. The first-order valence-corrected chi connectivity index (χ1v) is 11.8. The van der Waals surface area contributed by atoms with Gasteiger partial charge in [-0.25, -0.2) is 24.5 Å². The van der Waals surface area contributed by atoms with Crippen molar-refractivity contribution in [1.29, 1.82) is 0 Å². The predicted molar refractivity (Wildman–Crippen MR) is 128 cm³/mol. The molecule has 0 spiro atoms. The summed E-state index contributed by atoms with van der Waals surface area (Å²) in [5.41, 5.74) is 1.15. The van der Waals surface area contributed by atoms with Crippen molar-refractivity contribution in [2.45, 2.75) is 58.3 Å². The maximum absolute atomic E-state index is 13.0. The summed E-state index contributed by atoms with van der Waals surface area (Å²) in [6.45, 7) is 6.95. The first-order chi connectivity index (χ1) is 16.7. The van der Waals surface area contributed by atoms with Crippen molar-refractivity contribution >= 4 is 23.9 Å². The Kier molecular flexibility index (Phi) is 7.18. The lowest BCUT2D eigenvalue weighted by atomic mass is 10.0. The second kappa shape index (κ2) is 10.3. The number of piperidine rings is 1. The molecule has 4 rings (SSSR count). The Bertz CT molecular complexity index is 1090. The molecule has 35 heavy (non-hydrogen) atoms. The number of nitrogens with zero attached hydrogens (tertiary/aromatic N) is 4. The molecule has 0 unspecified atom stereocenters. The molecule has 3 amide bonds. The zero-order chi connectivity index (χ0) is 25.0. The Labute approximate surface area is 204 Å². The summed E-state index contributed by atoms with van der Waals surface area (Å²) in [6.07, 6.45) is 2.30. The summed E-state index contributed by atoms with van der Waals surface area (Å²) in [6, 6.07) is 9.40. The lowest BCUT2D eigenvalue weighted by Crippen LogP contribution is -2.49. The summed E-state index contributed by atoms with van der Waals surface area (Å²) in [4.78, 5) is 49.6. The highest BCUT2D eigenvalue weighted by Crippen LogP contribution is 2.28. The molecule has 0 aliphatic carbocycles. The number of fused-ring (bicyclic) bond motifs is 1. The minimum Gasteiger partial charge on any atom is -0.445 e. The van der Waals surface area contributed by atoms with Crippen LogP contribution in [0.15, 0.2) is 36.7 Å². The minimum atomic E-state index is -0.702. The van der Waals surface area contributed by atoms with E-state index in [1.165, 1.54) is 6.33 Å². The quantitative estimate of drug-likeness (QED) is 0.708. The number of rotatable bonds is 4. The van der Waals surface area contributed by atoms with Crippen LogP contribution in [0.4, 0.5) is 15.4 Å². The number of hydrogen-bond acceptors (Lipinski definition) is 8.